The summed E-state index contributed by atoms with van der Waals surface area (Å²) in [7, 11) is 1.93. The SMILES string of the molecule is CC(C)N(CCCO)Cc1ccn(C)n1. The highest BCUT2D eigenvalue weighted by molar-refractivity contribution is 4.98. The lowest BCUT2D eigenvalue weighted by molar-refractivity contribution is 0.183. The number of aliphatic hydroxyl groups is 1. The van der Waals surface area contributed by atoms with Gasteiger partial charge in [0.25, 0.3) is 0 Å². The first-order chi connectivity index (χ1) is 7.13. The van der Waals surface area contributed by atoms with Crippen LogP contribution < -0.4 is 0 Å². The van der Waals surface area contributed by atoms with Crippen LogP contribution >= 0.6 is 0 Å². The van der Waals surface area contributed by atoms with Crippen LogP contribution in [0.5, 0.6) is 0 Å². The molecule has 0 atom stereocenters. The maximum Gasteiger partial charge on any atom is 0.0764 e. The van der Waals surface area contributed by atoms with E-state index in [1.54, 1.807) is 0 Å². The Morgan fingerprint density at radius 1 is 1.53 bits per heavy atom. The fourth-order valence-electron chi connectivity index (χ4n) is 1.55. The first-order valence-electron chi connectivity index (χ1n) is 5.47. The van der Waals surface area contributed by atoms with Crippen LogP contribution in [0.4, 0.5) is 0 Å². The van der Waals surface area contributed by atoms with E-state index in [2.05, 4.69) is 23.8 Å². The van der Waals surface area contributed by atoms with Crippen molar-refractivity contribution >= 4 is 0 Å². The summed E-state index contributed by atoms with van der Waals surface area (Å²) in [6, 6.07) is 2.52. The van der Waals surface area contributed by atoms with E-state index in [1.807, 2.05) is 24.0 Å². The van der Waals surface area contributed by atoms with Gasteiger partial charge in [-0.25, -0.2) is 0 Å². The van der Waals surface area contributed by atoms with E-state index in [4.69, 9.17) is 5.11 Å². The van der Waals surface area contributed by atoms with Gasteiger partial charge in [-0.2, -0.15) is 5.10 Å². The molecule has 0 aliphatic carbocycles. The van der Waals surface area contributed by atoms with Crippen molar-refractivity contribution in [3.63, 3.8) is 0 Å². The Bertz CT molecular complexity index is 283. The molecule has 0 bridgehead atoms. The standard InChI is InChI=1S/C11H21N3O/c1-10(2)14(6-4-8-15)9-11-5-7-13(3)12-11/h5,7,10,15H,4,6,8-9H2,1-3H3. The fourth-order valence-corrected chi connectivity index (χ4v) is 1.55. The Hall–Kier alpha value is -0.870. The molecule has 0 saturated carbocycles. The zero-order valence-corrected chi connectivity index (χ0v) is 9.85. The number of aryl methyl sites for hydroxylation is 1. The van der Waals surface area contributed by atoms with Crippen LogP contribution in [0, 0.1) is 0 Å². The highest BCUT2D eigenvalue weighted by atomic mass is 16.3. The van der Waals surface area contributed by atoms with Gasteiger partial charge in [0.1, 0.15) is 0 Å². The molecule has 0 aromatic carbocycles. The average Bonchev–Trinajstić information content (AvgIpc) is 2.58. The molecule has 15 heavy (non-hydrogen) atoms. The minimum absolute atomic E-state index is 0.255. The number of rotatable bonds is 6. The zero-order valence-electron chi connectivity index (χ0n) is 9.85. The molecule has 0 saturated heterocycles. The van der Waals surface area contributed by atoms with Crippen molar-refractivity contribution in [2.24, 2.45) is 7.05 Å². The van der Waals surface area contributed by atoms with Crippen LogP contribution in [0.3, 0.4) is 0 Å². The third kappa shape index (κ3) is 4.01. The van der Waals surface area contributed by atoms with Gasteiger partial charge in [0.2, 0.25) is 0 Å². The predicted molar refractivity (Wildman–Crippen MR) is 60.5 cm³/mol. The molecular weight excluding hydrogens is 190 g/mol. The lowest BCUT2D eigenvalue weighted by Gasteiger charge is -2.25. The molecule has 1 rings (SSSR count). The topological polar surface area (TPSA) is 41.3 Å². The molecule has 0 unspecified atom stereocenters. The van der Waals surface area contributed by atoms with E-state index >= 15 is 0 Å². The van der Waals surface area contributed by atoms with Crippen molar-refractivity contribution in [2.75, 3.05) is 13.2 Å². The Morgan fingerprint density at radius 3 is 2.73 bits per heavy atom. The van der Waals surface area contributed by atoms with Crippen molar-refractivity contribution in [3.8, 4) is 0 Å². The summed E-state index contributed by atoms with van der Waals surface area (Å²) in [5, 5.41) is 13.2. The van der Waals surface area contributed by atoms with Gasteiger partial charge < -0.3 is 5.11 Å². The predicted octanol–water partition coefficient (Wildman–Crippen LogP) is 1.01. The van der Waals surface area contributed by atoms with E-state index < -0.39 is 0 Å². The smallest absolute Gasteiger partial charge is 0.0764 e. The van der Waals surface area contributed by atoms with E-state index in [0.717, 1.165) is 25.2 Å². The Kier molecular flexibility index (Phi) is 4.78. The summed E-state index contributed by atoms with van der Waals surface area (Å²) in [6.07, 6.45) is 2.78. The molecule has 0 fully saturated rings. The molecule has 4 nitrogen and oxygen atoms in total. The van der Waals surface area contributed by atoms with Gasteiger partial charge in [-0.15, -0.1) is 0 Å². The van der Waals surface area contributed by atoms with Crippen LogP contribution in [0.1, 0.15) is 26.0 Å². The van der Waals surface area contributed by atoms with Gasteiger partial charge in [0.15, 0.2) is 0 Å². The van der Waals surface area contributed by atoms with Crippen LogP contribution in [-0.4, -0.2) is 39.0 Å². The summed E-state index contributed by atoms with van der Waals surface area (Å²) in [5.41, 5.74) is 1.09. The minimum Gasteiger partial charge on any atom is -0.396 e. The van der Waals surface area contributed by atoms with Crippen molar-refractivity contribution in [3.05, 3.63) is 18.0 Å². The van der Waals surface area contributed by atoms with Gasteiger partial charge >= 0.3 is 0 Å². The fraction of sp³-hybridized carbons (Fsp3) is 0.727. The summed E-state index contributed by atoms with van der Waals surface area (Å²) in [5.74, 6) is 0. The molecule has 0 radical (unpaired) electrons. The largest absolute Gasteiger partial charge is 0.396 e. The number of hydrogen-bond acceptors (Lipinski definition) is 3. The second-order valence-electron chi connectivity index (χ2n) is 4.12. The molecule has 1 aromatic rings. The minimum atomic E-state index is 0.255. The van der Waals surface area contributed by atoms with Crippen LogP contribution in [0.15, 0.2) is 12.3 Å². The molecule has 1 aromatic heterocycles. The van der Waals surface area contributed by atoms with E-state index in [9.17, 15) is 0 Å². The first kappa shape index (κ1) is 12.2. The molecule has 0 aliphatic heterocycles. The lowest BCUT2D eigenvalue weighted by atomic mass is 10.2. The first-order valence-corrected chi connectivity index (χ1v) is 5.47. The van der Waals surface area contributed by atoms with Crippen LogP contribution in [-0.2, 0) is 13.6 Å². The van der Waals surface area contributed by atoms with Crippen LogP contribution in [0.2, 0.25) is 0 Å². The molecule has 86 valence electrons. The second-order valence-corrected chi connectivity index (χ2v) is 4.12. The molecule has 1 heterocycles. The number of hydrogen-bond donors (Lipinski definition) is 1. The Balaban J connectivity index is 2.50. The quantitative estimate of drug-likeness (QED) is 0.763. The zero-order chi connectivity index (χ0) is 11.3. The van der Waals surface area contributed by atoms with Crippen molar-refractivity contribution < 1.29 is 5.11 Å². The Morgan fingerprint density at radius 2 is 2.27 bits per heavy atom. The van der Waals surface area contributed by atoms with Gasteiger partial charge in [-0.1, -0.05) is 0 Å². The molecule has 4 heteroatoms. The molecular formula is C11H21N3O. The second kappa shape index (κ2) is 5.88. The number of aliphatic hydroxyl groups excluding tert-OH is 1. The maximum atomic E-state index is 8.82. The van der Waals surface area contributed by atoms with Crippen molar-refractivity contribution in [1.82, 2.24) is 14.7 Å². The summed E-state index contributed by atoms with van der Waals surface area (Å²) < 4.78 is 1.82. The van der Waals surface area contributed by atoms with Gasteiger partial charge in [-0.05, 0) is 26.3 Å². The van der Waals surface area contributed by atoms with Crippen molar-refractivity contribution in [1.29, 1.82) is 0 Å². The van der Waals surface area contributed by atoms with Crippen LogP contribution in [0.25, 0.3) is 0 Å². The third-order valence-electron chi connectivity index (χ3n) is 2.47. The molecule has 1 N–H and O–H groups in total. The maximum absolute atomic E-state index is 8.82. The Labute approximate surface area is 91.5 Å². The lowest BCUT2D eigenvalue weighted by Crippen LogP contribution is -2.32. The van der Waals surface area contributed by atoms with Gasteiger partial charge in [0, 0.05) is 39.0 Å². The normalized spacial score (nSPS) is 11.6. The average molecular weight is 211 g/mol. The summed E-state index contributed by atoms with van der Waals surface area (Å²) in [4.78, 5) is 2.32. The third-order valence-corrected chi connectivity index (χ3v) is 2.47. The highest BCUT2D eigenvalue weighted by Gasteiger charge is 2.10. The molecule has 0 spiro atoms. The van der Waals surface area contributed by atoms with Gasteiger partial charge in [0.05, 0.1) is 5.69 Å². The van der Waals surface area contributed by atoms with Crippen molar-refractivity contribution in [2.45, 2.75) is 32.9 Å². The summed E-state index contributed by atoms with van der Waals surface area (Å²) >= 11 is 0. The molecule has 0 aliphatic rings. The molecule has 0 amide bonds. The van der Waals surface area contributed by atoms with E-state index in [0.29, 0.717) is 6.04 Å². The van der Waals surface area contributed by atoms with E-state index in [1.165, 1.54) is 0 Å². The van der Waals surface area contributed by atoms with E-state index in [-0.39, 0.29) is 6.61 Å². The summed E-state index contributed by atoms with van der Waals surface area (Å²) in [6.45, 7) is 6.37. The number of nitrogens with zero attached hydrogens (tertiary/aromatic N) is 3. The van der Waals surface area contributed by atoms with Gasteiger partial charge in [-0.3, -0.25) is 9.58 Å². The number of aromatic nitrogens is 2. The highest BCUT2D eigenvalue weighted by Crippen LogP contribution is 2.06. The monoisotopic (exact) mass is 211 g/mol.